The van der Waals surface area contributed by atoms with Crippen molar-refractivity contribution in [2.75, 3.05) is 20.1 Å². The normalized spacial score (nSPS) is 25.6. The summed E-state index contributed by atoms with van der Waals surface area (Å²) in [5, 5.41) is 6.10. The van der Waals surface area contributed by atoms with Gasteiger partial charge in [0.1, 0.15) is 0 Å². The molecule has 3 rings (SSSR count). The lowest BCUT2D eigenvalue weighted by molar-refractivity contribution is -0.137. The molecule has 1 heterocycles. The van der Waals surface area contributed by atoms with Crippen molar-refractivity contribution in [2.45, 2.75) is 56.3 Å². The number of hydrogen-bond acceptors (Lipinski definition) is 4. The molecule has 1 aliphatic heterocycles. The molecule has 1 aromatic rings. The maximum atomic E-state index is 13.0. The largest absolute Gasteiger partial charge is 0.416 e. The third-order valence-corrected chi connectivity index (χ3v) is 8.15. The number of hydrogen-bond donors (Lipinski definition) is 2. The minimum absolute atomic E-state index is 0.0407. The smallest absolute Gasteiger partial charge is 0.352 e. The maximum absolute atomic E-state index is 13.0. The van der Waals surface area contributed by atoms with E-state index < -0.39 is 21.8 Å². The van der Waals surface area contributed by atoms with E-state index in [-0.39, 0.29) is 47.8 Å². The number of nitrogens with one attached hydrogen (secondary N) is 2. The van der Waals surface area contributed by atoms with Crippen LogP contribution in [0.25, 0.3) is 0 Å². The fourth-order valence-electron chi connectivity index (χ4n) is 4.69. The molecule has 1 saturated carbocycles. The van der Waals surface area contributed by atoms with Crippen LogP contribution in [-0.2, 0) is 21.0 Å². The molecular weight excluding hydrogens is 431 g/mol. The van der Waals surface area contributed by atoms with Crippen LogP contribution in [0.5, 0.6) is 0 Å². The van der Waals surface area contributed by atoms with E-state index in [2.05, 4.69) is 10.6 Å². The molecule has 2 fully saturated rings. The number of carbonyl (C=O) groups excluding carboxylic acids is 1. The maximum Gasteiger partial charge on any atom is 0.416 e. The van der Waals surface area contributed by atoms with E-state index in [4.69, 9.17) is 0 Å². The average molecular weight is 462 g/mol. The minimum Gasteiger partial charge on any atom is -0.352 e. The fraction of sp³-hybridized carbons (Fsp3) is 0.667. The van der Waals surface area contributed by atoms with Gasteiger partial charge in [-0.15, -0.1) is 0 Å². The van der Waals surface area contributed by atoms with Gasteiger partial charge in [0.2, 0.25) is 15.9 Å². The van der Waals surface area contributed by atoms with Gasteiger partial charge in [0.25, 0.3) is 0 Å². The minimum atomic E-state index is -4.61. The van der Waals surface area contributed by atoms with Gasteiger partial charge in [0.15, 0.2) is 0 Å². The van der Waals surface area contributed by atoms with Crippen molar-refractivity contribution in [3.8, 4) is 0 Å². The Kier molecular flexibility index (Phi) is 7.02. The number of amides is 1. The van der Waals surface area contributed by atoms with Crippen LogP contribution in [0, 0.1) is 17.8 Å². The molecule has 2 aliphatic rings. The van der Waals surface area contributed by atoms with Gasteiger partial charge < -0.3 is 10.6 Å². The van der Waals surface area contributed by atoms with Crippen molar-refractivity contribution in [3.63, 3.8) is 0 Å². The molecule has 10 heteroatoms. The zero-order valence-corrected chi connectivity index (χ0v) is 18.8. The summed E-state index contributed by atoms with van der Waals surface area (Å²) in [6.07, 6.45) is -2.36. The fourth-order valence-corrected chi connectivity index (χ4v) is 6.27. The number of rotatable bonds is 7. The van der Waals surface area contributed by atoms with Gasteiger partial charge in [-0.2, -0.15) is 17.5 Å². The second-order valence-corrected chi connectivity index (χ2v) is 10.9. The van der Waals surface area contributed by atoms with Crippen molar-refractivity contribution in [2.24, 2.45) is 17.8 Å². The standard InChI is InChI=1S/C21H30F3N3O3S/c1-13(2)9-19(25-3)20(28)26-18-8-7-14-11-27(12-17(14)18)31(29,30)16-6-4-5-15(10-16)21(22,23)24/h4-6,10,13-14,17-19,25H,7-9,11-12H2,1-3H3,(H,26,28)/t14-,17+,18+,19-/m0/s1. The Morgan fingerprint density at radius 3 is 2.55 bits per heavy atom. The number of carbonyl (C=O) groups is 1. The highest BCUT2D eigenvalue weighted by Gasteiger charge is 2.47. The van der Waals surface area contributed by atoms with Gasteiger partial charge >= 0.3 is 6.18 Å². The monoisotopic (exact) mass is 461 g/mol. The summed E-state index contributed by atoms with van der Waals surface area (Å²) < 4.78 is 66.3. The predicted molar refractivity (Wildman–Crippen MR) is 111 cm³/mol. The van der Waals surface area contributed by atoms with Crippen molar-refractivity contribution in [3.05, 3.63) is 29.8 Å². The Hall–Kier alpha value is -1.65. The summed E-state index contributed by atoms with van der Waals surface area (Å²) in [4.78, 5) is 12.3. The van der Waals surface area contributed by atoms with Crippen LogP contribution in [0.2, 0.25) is 0 Å². The lowest BCUT2D eigenvalue weighted by Crippen LogP contribution is -2.49. The second-order valence-electron chi connectivity index (χ2n) is 8.93. The van der Waals surface area contributed by atoms with E-state index in [1.807, 2.05) is 13.8 Å². The topological polar surface area (TPSA) is 78.5 Å². The molecule has 174 valence electrons. The molecule has 1 aromatic carbocycles. The van der Waals surface area contributed by atoms with Crippen LogP contribution in [0.3, 0.4) is 0 Å². The van der Waals surface area contributed by atoms with Crippen molar-refractivity contribution in [1.29, 1.82) is 0 Å². The van der Waals surface area contributed by atoms with Crippen LogP contribution in [0.15, 0.2) is 29.2 Å². The second kappa shape index (κ2) is 9.07. The summed E-state index contributed by atoms with van der Waals surface area (Å²) in [6, 6.07) is 3.40. The number of nitrogens with zero attached hydrogens (tertiary/aromatic N) is 1. The van der Waals surface area contributed by atoms with E-state index in [0.29, 0.717) is 18.4 Å². The van der Waals surface area contributed by atoms with E-state index in [1.54, 1.807) is 7.05 Å². The first-order valence-electron chi connectivity index (χ1n) is 10.6. The molecule has 0 aromatic heterocycles. The summed E-state index contributed by atoms with van der Waals surface area (Å²) in [6.45, 7) is 4.53. The number of sulfonamides is 1. The Bertz CT molecular complexity index is 905. The van der Waals surface area contributed by atoms with Gasteiger partial charge in [-0.25, -0.2) is 8.42 Å². The molecule has 0 radical (unpaired) electrons. The molecular formula is C21H30F3N3O3S. The molecule has 1 aliphatic carbocycles. The van der Waals surface area contributed by atoms with E-state index in [9.17, 15) is 26.4 Å². The van der Waals surface area contributed by atoms with Crippen LogP contribution in [0.1, 0.15) is 38.7 Å². The molecule has 0 bridgehead atoms. The van der Waals surface area contributed by atoms with Crippen molar-refractivity contribution >= 4 is 15.9 Å². The first-order chi connectivity index (χ1) is 14.4. The quantitative estimate of drug-likeness (QED) is 0.655. The number of benzene rings is 1. The molecule has 6 nitrogen and oxygen atoms in total. The van der Waals surface area contributed by atoms with Crippen LogP contribution < -0.4 is 10.6 Å². The van der Waals surface area contributed by atoms with Crippen LogP contribution >= 0.6 is 0 Å². The van der Waals surface area contributed by atoms with Crippen LogP contribution in [-0.4, -0.2) is 50.9 Å². The number of alkyl halides is 3. The van der Waals surface area contributed by atoms with Crippen LogP contribution in [0.4, 0.5) is 13.2 Å². The van der Waals surface area contributed by atoms with Crippen molar-refractivity contribution < 1.29 is 26.4 Å². The van der Waals surface area contributed by atoms with Gasteiger partial charge in [0, 0.05) is 19.1 Å². The van der Waals surface area contributed by atoms with Gasteiger partial charge in [-0.3, -0.25) is 4.79 Å². The van der Waals surface area contributed by atoms with E-state index >= 15 is 0 Å². The first-order valence-corrected chi connectivity index (χ1v) is 12.0. The molecule has 1 saturated heterocycles. The highest BCUT2D eigenvalue weighted by molar-refractivity contribution is 7.89. The lowest BCUT2D eigenvalue weighted by atomic mass is 9.97. The Morgan fingerprint density at radius 1 is 1.23 bits per heavy atom. The number of likely N-dealkylation sites (N-methyl/N-ethyl adjacent to an activating group) is 1. The molecule has 2 N–H and O–H groups in total. The van der Waals surface area contributed by atoms with E-state index in [1.165, 1.54) is 10.4 Å². The molecule has 31 heavy (non-hydrogen) atoms. The Morgan fingerprint density at radius 2 is 1.94 bits per heavy atom. The summed E-state index contributed by atoms with van der Waals surface area (Å²) in [7, 11) is -2.30. The molecule has 0 spiro atoms. The average Bonchev–Trinajstić information content (AvgIpc) is 3.28. The SMILES string of the molecule is CN[C@@H](CC(C)C)C(=O)N[C@@H]1CC[C@H]2CN(S(=O)(=O)c3cccc(C(F)(F)F)c3)C[C@H]21. The first kappa shape index (κ1) is 24.0. The van der Waals surface area contributed by atoms with Gasteiger partial charge in [-0.1, -0.05) is 19.9 Å². The predicted octanol–water partition coefficient (Wildman–Crippen LogP) is 2.85. The van der Waals surface area contributed by atoms with Gasteiger partial charge in [0.05, 0.1) is 16.5 Å². The molecule has 0 unspecified atom stereocenters. The zero-order valence-electron chi connectivity index (χ0n) is 17.9. The molecule has 1 amide bonds. The summed E-state index contributed by atoms with van der Waals surface area (Å²) in [5.41, 5.74) is -0.985. The summed E-state index contributed by atoms with van der Waals surface area (Å²) in [5.74, 6) is 0.297. The molecule has 4 atom stereocenters. The summed E-state index contributed by atoms with van der Waals surface area (Å²) >= 11 is 0. The van der Waals surface area contributed by atoms with E-state index in [0.717, 1.165) is 25.0 Å². The van der Waals surface area contributed by atoms with Crippen molar-refractivity contribution in [1.82, 2.24) is 14.9 Å². The Labute approximate surface area is 181 Å². The Balaban J connectivity index is 1.71. The number of halogens is 3. The highest BCUT2D eigenvalue weighted by atomic mass is 32.2. The zero-order chi connectivity index (χ0) is 23.0. The third kappa shape index (κ3) is 5.23. The van der Waals surface area contributed by atoms with Gasteiger partial charge in [-0.05, 0) is 62.3 Å². The number of fused-ring (bicyclic) bond motifs is 1. The highest BCUT2D eigenvalue weighted by Crippen LogP contribution is 2.40. The third-order valence-electron chi connectivity index (χ3n) is 6.32. The lowest BCUT2D eigenvalue weighted by Gasteiger charge is -2.25.